The fourth-order valence-electron chi connectivity index (χ4n) is 7.38. The van der Waals surface area contributed by atoms with E-state index in [1.54, 1.807) is 0 Å². The molecule has 4 aromatic carbocycles. The summed E-state index contributed by atoms with van der Waals surface area (Å²) in [6, 6.07) is 52.3. The molecule has 0 saturated carbocycles. The maximum absolute atomic E-state index is 5.45. The molecule has 0 fully saturated rings. The minimum absolute atomic E-state index is 0.985. The average molecular weight is 736 g/mol. The van der Waals surface area contributed by atoms with Gasteiger partial charge in [-0.05, 0) is 0 Å². The molecule has 0 unspecified atom stereocenters. The van der Waals surface area contributed by atoms with Gasteiger partial charge in [0.2, 0.25) is 0 Å². The van der Waals surface area contributed by atoms with Gasteiger partial charge in [0, 0.05) is 0 Å². The van der Waals surface area contributed by atoms with Crippen molar-refractivity contribution in [2.45, 2.75) is 0 Å². The van der Waals surface area contributed by atoms with Crippen molar-refractivity contribution in [3.8, 4) is 0 Å². The Morgan fingerprint density at radius 3 is 1.10 bits per heavy atom. The summed E-state index contributed by atoms with van der Waals surface area (Å²) in [6.07, 6.45) is 8.81. The predicted molar refractivity (Wildman–Crippen MR) is 202 cm³/mol. The SMILES string of the molecule is C1=CC2=C(c3ccccc3)c3ccc4[n]3[SbH][n]3c(ccc3=C(c3ccccc3)C3=NC(=C4c4ccccc4)C=C3)=C(c3ccccc3)C1=N2. The molecule has 0 radical (unpaired) electrons. The first-order chi connectivity index (χ1) is 24.3. The molecule has 49 heavy (non-hydrogen) atoms. The van der Waals surface area contributed by atoms with Crippen LogP contribution in [0.25, 0.3) is 22.3 Å². The van der Waals surface area contributed by atoms with Crippen LogP contribution in [0.1, 0.15) is 33.6 Å². The summed E-state index contributed by atoms with van der Waals surface area (Å²) >= 11 is -1.70. The second-order valence-corrected chi connectivity index (χ2v) is 15.5. The number of rotatable bonds is 4. The molecule has 0 spiro atoms. The summed E-state index contributed by atoms with van der Waals surface area (Å²) in [5, 5.41) is 2.38. The first-order valence-electron chi connectivity index (χ1n) is 16.5. The van der Waals surface area contributed by atoms with Crippen molar-refractivity contribution in [1.82, 2.24) is 5.45 Å². The number of hydrogen-bond donors (Lipinski definition) is 0. The summed E-state index contributed by atoms with van der Waals surface area (Å²) in [6.45, 7) is 0. The summed E-state index contributed by atoms with van der Waals surface area (Å²) in [5.74, 6) is 0. The van der Waals surface area contributed by atoms with E-state index in [4.69, 9.17) is 9.98 Å². The predicted octanol–water partition coefficient (Wildman–Crippen LogP) is 6.92. The molecule has 0 amide bonds. The van der Waals surface area contributed by atoms with Gasteiger partial charge in [0.25, 0.3) is 0 Å². The minimum atomic E-state index is -1.70. The number of nitrogens with zero attached hydrogens (tertiary/aromatic N) is 4. The molecule has 6 aromatic rings. The molecular weight excluding hydrogens is 706 g/mol. The Morgan fingerprint density at radius 2 is 0.714 bits per heavy atom. The van der Waals surface area contributed by atoms with Crippen LogP contribution in [0.4, 0.5) is 0 Å². The molecule has 4 aliphatic heterocycles. The van der Waals surface area contributed by atoms with Gasteiger partial charge in [-0.25, -0.2) is 0 Å². The fourth-order valence-corrected chi connectivity index (χ4v) is 11.3. The standard InChI is InChI=1S/C44H28N4.Sb.H/c1-5-13-29(14-6-1)41-33-21-23-35(45-33)42(30-15-7-2-8-16-30)37-25-27-39(47-37)44(32-19-11-4-12-20-32)40-28-26-38(48-40)43(31-17-9-3-10-18-31)36-24-22-34(41)46-36;;/h1-28H;;/q-2;+2;. The Labute approximate surface area is 295 Å². The van der Waals surface area contributed by atoms with Crippen molar-refractivity contribution < 1.29 is 0 Å². The number of fused-ring (bicyclic) bond motifs is 2. The summed E-state index contributed by atoms with van der Waals surface area (Å²) in [5.41, 5.74) is 15.5. The van der Waals surface area contributed by atoms with Gasteiger partial charge in [-0.1, -0.05) is 0 Å². The van der Waals surface area contributed by atoms with Crippen molar-refractivity contribution in [1.29, 1.82) is 0 Å². The average Bonchev–Trinajstić information content (AvgIpc) is 3.98. The van der Waals surface area contributed by atoms with Gasteiger partial charge in [0.1, 0.15) is 0 Å². The van der Waals surface area contributed by atoms with E-state index in [1.807, 2.05) is 0 Å². The van der Waals surface area contributed by atoms with Gasteiger partial charge in [0.15, 0.2) is 0 Å². The molecule has 5 heteroatoms. The van der Waals surface area contributed by atoms with E-state index < -0.39 is 22.2 Å². The van der Waals surface area contributed by atoms with E-state index in [9.17, 15) is 0 Å². The second-order valence-electron chi connectivity index (χ2n) is 12.4. The topological polar surface area (TPSA) is 34.6 Å². The molecule has 10 rings (SSSR count). The summed E-state index contributed by atoms with van der Waals surface area (Å²) < 4.78 is 5.29. The Bertz CT molecular complexity index is 2450. The van der Waals surface area contributed by atoms with Crippen molar-refractivity contribution in [2.75, 3.05) is 0 Å². The Morgan fingerprint density at radius 1 is 0.347 bits per heavy atom. The molecule has 0 atom stereocenters. The van der Waals surface area contributed by atoms with Crippen molar-refractivity contribution in [2.24, 2.45) is 9.98 Å². The van der Waals surface area contributed by atoms with Gasteiger partial charge in [-0.3, -0.25) is 0 Å². The first kappa shape index (κ1) is 28.3. The van der Waals surface area contributed by atoms with E-state index in [0.29, 0.717) is 0 Å². The quantitative estimate of drug-likeness (QED) is 0.177. The maximum atomic E-state index is 5.45. The Hall–Kier alpha value is -5.70. The van der Waals surface area contributed by atoms with Gasteiger partial charge in [-0.2, -0.15) is 0 Å². The van der Waals surface area contributed by atoms with Crippen LogP contribution in [-0.2, 0) is 0 Å². The van der Waals surface area contributed by atoms with E-state index in [-0.39, 0.29) is 0 Å². The van der Waals surface area contributed by atoms with Gasteiger partial charge in [-0.15, -0.1) is 0 Å². The van der Waals surface area contributed by atoms with Crippen LogP contribution in [0.5, 0.6) is 0 Å². The monoisotopic (exact) mass is 734 g/mol. The molecule has 6 heterocycles. The third-order valence-corrected chi connectivity index (χ3v) is 13.4. The summed E-state index contributed by atoms with van der Waals surface area (Å²) in [7, 11) is 0. The Kier molecular flexibility index (Phi) is 6.63. The van der Waals surface area contributed by atoms with Crippen molar-refractivity contribution >= 4 is 55.9 Å². The number of aliphatic imine (C=N–C) groups is 2. The van der Waals surface area contributed by atoms with E-state index >= 15 is 0 Å². The van der Waals surface area contributed by atoms with E-state index in [1.165, 1.54) is 22.1 Å². The number of aromatic nitrogens is 2. The second kappa shape index (κ2) is 11.5. The third-order valence-electron chi connectivity index (χ3n) is 9.54. The zero-order chi connectivity index (χ0) is 32.3. The zero-order valence-corrected chi connectivity index (χ0v) is 29.3. The van der Waals surface area contributed by atoms with Crippen LogP contribution in [0.15, 0.2) is 191 Å². The molecule has 4 aliphatic rings. The van der Waals surface area contributed by atoms with E-state index in [2.05, 4.69) is 175 Å². The molecule has 230 valence electrons. The zero-order valence-electron chi connectivity index (χ0n) is 26.5. The fraction of sp³-hybridized carbons (Fsp3) is 0. The molecular formula is C44H29N4Sb. The number of hydrogen-bond acceptors (Lipinski definition) is 2. The normalized spacial score (nSPS) is 15.9. The number of benzene rings is 4. The van der Waals surface area contributed by atoms with Crippen LogP contribution in [0.3, 0.4) is 0 Å². The number of allylic oxidation sites excluding steroid dienone is 4. The molecule has 2 aromatic heterocycles. The van der Waals surface area contributed by atoms with Gasteiger partial charge in [0.05, 0.1) is 0 Å². The van der Waals surface area contributed by atoms with Crippen LogP contribution < -0.4 is 10.7 Å². The van der Waals surface area contributed by atoms with E-state index in [0.717, 1.165) is 67.4 Å². The third kappa shape index (κ3) is 4.59. The van der Waals surface area contributed by atoms with Crippen molar-refractivity contribution in [3.05, 3.63) is 226 Å². The molecule has 0 saturated heterocycles. The molecule has 4 nitrogen and oxygen atoms in total. The first-order valence-corrected chi connectivity index (χ1v) is 19.1. The van der Waals surface area contributed by atoms with Crippen LogP contribution in [-0.4, -0.2) is 39.0 Å². The molecule has 0 N–H and O–H groups in total. The van der Waals surface area contributed by atoms with Crippen LogP contribution >= 0.6 is 0 Å². The molecule has 6 bridgehead atoms. The summed E-state index contributed by atoms with van der Waals surface area (Å²) in [4.78, 5) is 10.9. The van der Waals surface area contributed by atoms with Crippen LogP contribution in [0.2, 0.25) is 0 Å². The van der Waals surface area contributed by atoms with Crippen LogP contribution in [0, 0.1) is 0 Å². The Balaban J connectivity index is 1.43. The van der Waals surface area contributed by atoms with Gasteiger partial charge >= 0.3 is 297 Å². The van der Waals surface area contributed by atoms with Gasteiger partial charge < -0.3 is 0 Å². The molecule has 0 aliphatic carbocycles. The van der Waals surface area contributed by atoms with Crippen molar-refractivity contribution in [3.63, 3.8) is 0 Å².